The Bertz CT molecular complexity index is 3070. The average molecular weight is 662 g/mol. The van der Waals surface area contributed by atoms with Gasteiger partial charge < -0.3 is 4.57 Å². The third-order valence-corrected chi connectivity index (χ3v) is 10.3. The second-order valence-corrected chi connectivity index (χ2v) is 13.2. The minimum absolute atomic E-state index is 0.132. The van der Waals surface area contributed by atoms with Gasteiger partial charge in [0.1, 0.15) is 0 Å². The van der Waals surface area contributed by atoms with Crippen LogP contribution < -0.4 is 0 Å². The van der Waals surface area contributed by atoms with Crippen LogP contribution in [-0.2, 0) is 0 Å². The van der Waals surface area contributed by atoms with Crippen molar-refractivity contribution < 1.29 is 6.85 Å². The minimum atomic E-state index is -0.412. The molecule has 0 fully saturated rings. The molecule has 3 heterocycles. The number of para-hydroxylation sites is 2. The molecule has 0 saturated carbocycles. The molecule has 0 amide bonds. The number of nitrogens with zero attached hydrogens (tertiary/aromatic N) is 4. The van der Waals surface area contributed by atoms with Gasteiger partial charge in [-0.05, 0) is 59.6 Å². The molecule has 0 aliphatic heterocycles. The van der Waals surface area contributed by atoms with Gasteiger partial charge >= 0.3 is 0 Å². The normalized spacial score (nSPS) is 13.0. The molecular formula is C45H28N4S. The van der Waals surface area contributed by atoms with E-state index in [1.54, 1.807) is 15.9 Å². The summed E-state index contributed by atoms with van der Waals surface area (Å²) in [6.07, 6.45) is 0. The van der Waals surface area contributed by atoms with E-state index in [2.05, 4.69) is 42.5 Å². The zero-order chi connectivity index (χ0) is 37.4. The molecule has 0 N–H and O–H groups in total. The van der Waals surface area contributed by atoms with Gasteiger partial charge in [0, 0.05) is 53.3 Å². The van der Waals surface area contributed by atoms with E-state index in [-0.39, 0.29) is 29.9 Å². The van der Waals surface area contributed by atoms with Crippen molar-refractivity contribution in [2.75, 3.05) is 0 Å². The van der Waals surface area contributed by atoms with E-state index in [1.165, 1.54) is 0 Å². The Labute approximate surface area is 299 Å². The molecule has 50 heavy (non-hydrogen) atoms. The van der Waals surface area contributed by atoms with Crippen molar-refractivity contribution in [3.63, 3.8) is 0 Å². The van der Waals surface area contributed by atoms with Crippen LogP contribution in [0, 0.1) is 0 Å². The zero-order valence-electron chi connectivity index (χ0n) is 31.5. The Hall–Kier alpha value is -6.43. The second kappa shape index (κ2) is 11.6. The van der Waals surface area contributed by atoms with Crippen LogP contribution in [0.4, 0.5) is 0 Å². The lowest BCUT2D eigenvalue weighted by atomic mass is 9.99. The number of rotatable bonds is 5. The van der Waals surface area contributed by atoms with Crippen LogP contribution in [0.5, 0.6) is 0 Å². The van der Waals surface area contributed by atoms with Crippen molar-refractivity contribution >= 4 is 53.3 Å². The summed E-state index contributed by atoms with van der Waals surface area (Å²) >= 11 is 1.73. The fraction of sp³-hybridized carbons (Fsp3) is 0. The molecule has 0 aliphatic carbocycles. The Kier molecular flexibility index (Phi) is 5.54. The van der Waals surface area contributed by atoms with E-state index in [0.717, 1.165) is 69.8 Å². The Morgan fingerprint density at radius 2 is 1.08 bits per heavy atom. The number of fused-ring (bicyclic) bond motifs is 6. The third-order valence-electron chi connectivity index (χ3n) is 9.15. The fourth-order valence-corrected chi connectivity index (χ4v) is 7.98. The molecule has 4 nitrogen and oxygen atoms in total. The minimum Gasteiger partial charge on any atom is -0.309 e. The van der Waals surface area contributed by atoms with Crippen molar-refractivity contribution in [3.05, 3.63) is 170 Å². The Morgan fingerprint density at radius 1 is 0.460 bits per heavy atom. The molecule has 3 aromatic heterocycles. The first kappa shape index (κ1) is 23.8. The van der Waals surface area contributed by atoms with Crippen LogP contribution in [0.2, 0.25) is 0 Å². The van der Waals surface area contributed by atoms with Crippen LogP contribution in [0.25, 0.3) is 93.0 Å². The maximum Gasteiger partial charge on any atom is 0.164 e. The van der Waals surface area contributed by atoms with Gasteiger partial charge in [-0.25, -0.2) is 15.0 Å². The van der Waals surface area contributed by atoms with Gasteiger partial charge in [0.05, 0.1) is 17.9 Å². The highest BCUT2D eigenvalue weighted by molar-refractivity contribution is 7.26. The van der Waals surface area contributed by atoms with E-state index in [9.17, 15) is 0 Å². The highest BCUT2D eigenvalue weighted by Crippen LogP contribution is 2.42. The van der Waals surface area contributed by atoms with E-state index >= 15 is 0 Å². The van der Waals surface area contributed by atoms with E-state index in [1.807, 2.05) is 97.1 Å². The van der Waals surface area contributed by atoms with Crippen LogP contribution in [-0.4, -0.2) is 19.5 Å². The van der Waals surface area contributed by atoms with Gasteiger partial charge in [0.25, 0.3) is 0 Å². The van der Waals surface area contributed by atoms with Gasteiger partial charge in [0.15, 0.2) is 17.5 Å². The SMILES string of the molecule is [2H]c1c([2H])c([2H])c(-n2c3ccccc3c3cc(-c4ccc5sc6cccc(-c7nc(-c8ccccc8)nc(-c8ccccc8)n7)c6c5c4)ccc32)c([2H])c1[2H]. The quantitative estimate of drug-likeness (QED) is 0.184. The maximum atomic E-state index is 8.75. The molecule has 10 rings (SSSR count). The number of aromatic nitrogens is 4. The molecule has 0 unspecified atom stereocenters. The summed E-state index contributed by atoms with van der Waals surface area (Å²) in [7, 11) is 0. The third kappa shape index (κ3) is 4.71. The molecule has 0 radical (unpaired) electrons. The summed E-state index contributed by atoms with van der Waals surface area (Å²) in [5, 5.41) is 4.02. The summed E-state index contributed by atoms with van der Waals surface area (Å²) in [6, 6.07) is 45.1. The summed E-state index contributed by atoms with van der Waals surface area (Å²) < 4.78 is 46.4. The topological polar surface area (TPSA) is 43.6 Å². The fourth-order valence-electron chi connectivity index (χ4n) is 6.87. The van der Waals surface area contributed by atoms with Gasteiger partial charge in [0.2, 0.25) is 0 Å². The molecule has 0 atom stereocenters. The van der Waals surface area contributed by atoms with Crippen molar-refractivity contribution in [1.29, 1.82) is 0 Å². The lowest BCUT2D eigenvalue weighted by molar-refractivity contribution is 1.08. The number of hydrogen-bond acceptors (Lipinski definition) is 4. The highest BCUT2D eigenvalue weighted by atomic mass is 32.1. The van der Waals surface area contributed by atoms with Crippen LogP contribution >= 0.6 is 11.3 Å². The summed E-state index contributed by atoms with van der Waals surface area (Å²) in [5.41, 5.74) is 6.42. The summed E-state index contributed by atoms with van der Waals surface area (Å²) in [6.45, 7) is 0. The van der Waals surface area contributed by atoms with Crippen LogP contribution in [0.3, 0.4) is 0 Å². The molecule has 0 bridgehead atoms. The van der Waals surface area contributed by atoms with Gasteiger partial charge in [-0.15, -0.1) is 11.3 Å². The Balaban J connectivity index is 1.16. The second-order valence-electron chi connectivity index (χ2n) is 12.1. The molecule has 7 aromatic carbocycles. The monoisotopic (exact) mass is 661 g/mol. The van der Waals surface area contributed by atoms with Gasteiger partial charge in [-0.3, -0.25) is 0 Å². The largest absolute Gasteiger partial charge is 0.309 e. The smallest absolute Gasteiger partial charge is 0.164 e. The first-order valence-corrected chi connectivity index (χ1v) is 17.1. The number of hydrogen-bond donors (Lipinski definition) is 0. The van der Waals surface area contributed by atoms with Crippen molar-refractivity contribution in [1.82, 2.24) is 19.5 Å². The lowest BCUT2D eigenvalue weighted by Crippen LogP contribution is -2.00. The molecule has 0 saturated heterocycles. The first-order valence-electron chi connectivity index (χ1n) is 18.8. The summed E-state index contributed by atoms with van der Waals surface area (Å²) in [4.78, 5) is 15.0. The lowest BCUT2D eigenvalue weighted by Gasteiger charge is -2.10. The molecule has 234 valence electrons. The van der Waals surface area contributed by atoms with E-state index in [4.69, 9.17) is 21.8 Å². The van der Waals surface area contributed by atoms with Gasteiger partial charge in [-0.2, -0.15) is 0 Å². The molecular weight excluding hydrogens is 629 g/mol. The predicted molar refractivity (Wildman–Crippen MR) is 209 cm³/mol. The van der Waals surface area contributed by atoms with Crippen LogP contribution in [0.1, 0.15) is 6.85 Å². The zero-order valence-corrected chi connectivity index (χ0v) is 27.3. The predicted octanol–water partition coefficient (Wildman–Crippen LogP) is 12.0. The van der Waals surface area contributed by atoms with E-state index < -0.39 is 6.04 Å². The Morgan fingerprint density at radius 3 is 1.82 bits per heavy atom. The van der Waals surface area contributed by atoms with Crippen molar-refractivity contribution in [2.45, 2.75) is 0 Å². The molecule has 10 aromatic rings. The van der Waals surface area contributed by atoms with Crippen molar-refractivity contribution in [3.8, 4) is 51.0 Å². The maximum absolute atomic E-state index is 8.75. The molecule has 5 heteroatoms. The number of thiophene rings is 1. The van der Waals surface area contributed by atoms with Gasteiger partial charge in [-0.1, -0.05) is 121 Å². The van der Waals surface area contributed by atoms with Crippen molar-refractivity contribution in [2.24, 2.45) is 0 Å². The molecule has 0 aliphatic rings. The average Bonchev–Trinajstić information content (AvgIpc) is 3.78. The number of benzene rings is 7. The first-order chi connectivity index (χ1) is 26.9. The highest BCUT2D eigenvalue weighted by Gasteiger charge is 2.18. The van der Waals surface area contributed by atoms with E-state index in [0.29, 0.717) is 17.5 Å². The standard InChI is InChI=1S/C45H28N4S/c1-4-13-29(14-5-1)43-46-44(30-15-6-2-7-16-30)48-45(47-43)35-20-12-22-41-42(35)37-28-32(24-26-40(37)50-41)31-23-25-39-36(27-31)34-19-10-11-21-38(34)49(39)33-17-8-3-9-18-33/h1-28H/i3D,8D,9D,17D,18D. The summed E-state index contributed by atoms with van der Waals surface area (Å²) in [5.74, 6) is 1.82. The molecule has 0 spiro atoms. The van der Waals surface area contributed by atoms with Crippen LogP contribution in [0.15, 0.2) is 170 Å².